The Balaban J connectivity index is 1.70. The molecule has 0 radical (unpaired) electrons. The number of ether oxygens (including phenoxy) is 1. The highest BCUT2D eigenvalue weighted by molar-refractivity contribution is 5.58. The summed E-state index contributed by atoms with van der Waals surface area (Å²) in [5.74, 6) is 2.86. The van der Waals surface area contributed by atoms with Crippen molar-refractivity contribution in [2.45, 2.75) is 39.7 Å². The highest BCUT2D eigenvalue weighted by atomic mass is 16.5. The highest BCUT2D eigenvalue weighted by Gasteiger charge is 2.19. The minimum atomic E-state index is 0.337. The van der Waals surface area contributed by atoms with Gasteiger partial charge in [0.05, 0.1) is 5.69 Å². The van der Waals surface area contributed by atoms with Crippen molar-refractivity contribution < 1.29 is 9.26 Å². The van der Waals surface area contributed by atoms with Crippen molar-refractivity contribution in [1.29, 1.82) is 0 Å². The van der Waals surface area contributed by atoms with Gasteiger partial charge in [0.2, 0.25) is 11.7 Å². The number of nitrogens with zero attached hydrogens (tertiary/aromatic N) is 3. The Morgan fingerprint density at radius 3 is 3.00 bits per heavy atom. The number of hydrogen-bond donors (Lipinski definition) is 0. The van der Waals surface area contributed by atoms with Gasteiger partial charge in [-0.25, -0.2) is 0 Å². The second-order valence-corrected chi connectivity index (χ2v) is 5.91. The molecule has 0 saturated carbocycles. The van der Waals surface area contributed by atoms with Crippen molar-refractivity contribution in [3.05, 3.63) is 36.0 Å². The number of benzene rings is 1. The van der Waals surface area contributed by atoms with Crippen LogP contribution in [0.3, 0.4) is 0 Å². The Labute approximate surface area is 131 Å². The first kappa shape index (κ1) is 14.9. The zero-order chi connectivity index (χ0) is 15.4. The summed E-state index contributed by atoms with van der Waals surface area (Å²) in [5, 5.41) is 3.93. The SMILES string of the molecule is CCc1nc(COc2ccccc2N2CCCC(C)C2)no1. The van der Waals surface area contributed by atoms with Crippen LogP contribution < -0.4 is 9.64 Å². The molecule has 118 valence electrons. The molecule has 1 fully saturated rings. The number of para-hydroxylation sites is 2. The molecule has 1 aliphatic rings. The molecule has 2 aromatic rings. The van der Waals surface area contributed by atoms with Crippen molar-refractivity contribution in [3.8, 4) is 5.75 Å². The first-order valence-corrected chi connectivity index (χ1v) is 8.04. The zero-order valence-electron chi connectivity index (χ0n) is 13.3. The maximum atomic E-state index is 5.94. The number of piperidine rings is 1. The Morgan fingerprint density at radius 2 is 2.23 bits per heavy atom. The number of rotatable bonds is 5. The van der Waals surface area contributed by atoms with Crippen LogP contribution in [0.15, 0.2) is 28.8 Å². The summed E-state index contributed by atoms with van der Waals surface area (Å²) in [5.41, 5.74) is 1.16. The monoisotopic (exact) mass is 301 g/mol. The molecule has 0 spiro atoms. The first-order chi connectivity index (χ1) is 10.8. The predicted octanol–water partition coefficient (Wildman–Crippen LogP) is 3.45. The lowest BCUT2D eigenvalue weighted by molar-refractivity contribution is 0.284. The van der Waals surface area contributed by atoms with Crippen molar-refractivity contribution in [1.82, 2.24) is 10.1 Å². The molecule has 3 rings (SSSR count). The molecule has 0 amide bonds. The molecule has 1 aliphatic heterocycles. The third-order valence-corrected chi connectivity index (χ3v) is 4.03. The lowest BCUT2D eigenvalue weighted by Gasteiger charge is -2.33. The fraction of sp³-hybridized carbons (Fsp3) is 0.529. The molecule has 1 atom stereocenters. The topological polar surface area (TPSA) is 51.4 Å². The molecule has 5 nitrogen and oxygen atoms in total. The second kappa shape index (κ2) is 6.81. The van der Waals surface area contributed by atoms with E-state index in [1.165, 1.54) is 12.8 Å². The molecular formula is C17H23N3O2. The molecular weight excluding hydrogens is 278 g/mol. The average Bonchev–Trinajstić information content (AvgIpc) is 3.01. The number of aromatic nitrogens is 2. The van der Waals surface area contributed by atoms with Crippen LogP contribution in [0, 0.1) is 5.92 Å². The Hall–Kier alpha value is -2.04. The van der Waals surface area contributed by atoms with Crippen LogP contribution >= 0.6 is 0 Å². The van der Waals surface area contributed by atoms with E-state index in [1.54, 1.807) is 0 Å². The maximum Gasteiger partial charge on any atom is 0.226 e. The lowest BCUT2D eigenvalue weighted by atomic mass is 9.99. The molecule has 1 aromatic heterocycles. The zero-order valence-corrected chi connectivity index (χ0v) is 13.3. The summed E-state index contributed by atoms with van der Waals surface area (Å²) in [6.45, 7) is 6.81. The molecule has 22 heavy (non-hydrogen) atoms. The third-order valence-electron chi connectivity index (χ3n) is 4.03. The van der Waals surface area contributed by atoms with Crippen LogP contribution in [0.25, 0.3) is 0 Å². The van der Waals surface area contributed by atoms with Crippen LogP contribution in [0.2, 0.25) is 0 Å². The van der Waals surface area contributed by atoms with E-state index in [9.17, 15) is 0 Å². The van der Waals surface area contributed by atoms with Gasteiger partial charge in [-0.15, -0.1) is 0 Å². The van der Waals surface area contributed by atoms with Gasteiger partial charge in [-0.3, -0.25) is 0 Å². The molecule has 0 bridgehead atoms. The molecule has 0 aliphatic carbocycles. The van der Waals surface area contributed by atoms with Crippen molar-refractivity contribution in [2.75, 3.05) is 18.0 Å². The van der Waals surface area contributed by atoms with Gasteiger partial charge in [0, 0.05) is 19.5 Å². The summed E-state index contributed by atoms with van der Waals surface area (Å²) >= 11 is 0. The van der Waals surface area contributed by atoms with Gasteiger partial charge in [-0.05, 0) is 30.9 Å². The average molecular weight is 301 g/mol. The summed E-state index contributed by atoms with van der Waals surface area (Å²) in [6, 6.07) is 8.20. The standard InChI is InChI=1S/C17H23N3O2/c1-3-17-18-16(19-22-17)12-21-15-9-5-4-8-14(15)20-10-6-7-13(2)11-20/h4-5,8-9,13H,3,6-7,10-12H2,1-2H3. The van der Waals surface area contributed by atoms with E-state index in [2.05, 4.69) is 34.1 Å². The molecule has 5 heteroatoms. The van der Waals surface area contributed by atoms with Gasteiger partial charge >= 0.3 is 0 Å². The van der Waals surface area contributed by atoms with E-state index in [0.717, 1.165) is 36.9 Å². The third kappa shape index (κ3) is 3.40. The summed E-state index contributed by atoms with van der Waals surface area (Å²) in [4.78, 5) is 6.70. The number of aryl methyl sites for hydroxylation is 1. The summed E-state index contributed by atoms with van der Waals surface area (Å²) in [6.07, 6.45) is 3.29. The second-order valence-electron chi connectivity index (χ2n) is 5.91. The van der Waals surface area contributed by atoms with Crippen molar-refractivity contribution in [3.63, 3.8) is 0 Å². The molecule has 0 N–H and O–H groups in total. The Kier molecular flexibility index (Phi) is 4.61. The predicted molar refractivity (Wildman–Crippen MR) is 85.1 cm³/mol. The van der Waals surface area contributed by atoms with Crippen LogP contribution in [-0.4, -0.2) is 23.2 Å². The van der Waals surface area contributed by atoms with Crippen LogP contribution in [-0.2, 0) is 13.0 Å². The van der Waals surface area contributed by atoms with E-state index < -0.39 is 0 Å². The molecule has 2 heterocycles. The minimum absolute atomic E-state index is 0.337. The van der Waals surface area contributed by atoms with E-state index >= 15 is 0 Å². The number of anilines is 1. The molecule has 1 aromatic carbocycles. The van der Waals surface area contributed by atoms with Gasteiger partial charge in [0.1, 0.15) is 5.75 Å². The Bertz CT molecular complexity index is 611. The quantitative estimate of drug-likeness (QED) is 0.846. The molecule has 1 unspecified atom stereocenters. The first-order valence-electron chi connectivity index (χ1n) is 8.04. The maximum absolute atomic E-state index is 5.94. The van der Waals surface area contributed by atoms with Crippen molar-refractivity contribution >= 4 is 5.69 Å². The van der Waals surface area contributed by atoms with E-state index in [4.69, 9.17) is 9.26 Å². The van der Waals surface area contributed by atoms with Gasteiger partial charge in [0.15, 0.2) is 6.61 Å². The largest absolute Gasteiger partial charge is 0.483 e. The van der Waals surface area contributed by atoms with E-state index in [0.29, 0.717) is 18.3 Å². The van der Waals surface area contributed by atoms with Crippen LogP contribution in [0.1, 0.15) is 38.4 Å². The van der Waals surface area contributed by atoms with Gasteiger partial charge in [-0.2, -0.15) is 4.98 Å². The fourth-order valence-corrected chi connectivity index (χ4v) is 2.88. The van der Waals surface area contributed by atoms with Crippen LogP contribution in [0.5, 0.6) is 5.75 Å². The van der Waals surface area contributed by atoms with Crippen LogP contribution in [0.4, 0.5) is 5.69 Å². The summed E-state index contributed by atoms with van der Waals surface area (Å²) < 4.78 is 11.1. The Morgan fingerprint density at radius 1 is 1.36 bits per heavy atom. The normalized spacial score (nSPS) is 18.5. The highest BCUT2D eigenvalue weighted by Crippen LogP contribution is 2.31. The fourth-order valence-electron chi connectivity index (χ4n) is 2.88. The lowest BCUT2D eigenvalue weighted by Crippen LogP contribution is -2.34. The smallest absolute Gasteiger partial charge is 0.226 e. The van der Waals surface area contributed by atoms with E-state index in [1.807, 2.05) is 19.1 Å². The van der Waals surface area contributed by atoms with Crippen molar-refractivity contribution in [2.24, 2.45) is 5.92 Å². The van der Waals surface area contributed by atoms with Gasteiger partial charge in [-0.1, -0.05) is 31.1 Å². The molecule has 1 saturated heterocycles. The summed E-state index contributed by atoms with van der Waals surface area (Å²) in [7, 11) is 0. The minimum Gasteiger partial charge on any atom is -0.483 e. The van der Waals surface area contributed by atoms with Gasteiger partial charge < -0.3 is 14.2 Å². The number of hydrogen-bond acceptors (Lipinski definition) is 5. The van der Waals surface area contributed by atoms with Gasteiger partial charge in [0.25, 0.3) is 0 Å². The van der Waals surface area contributed by atoms with E-state index in [-0.39, 0.29) is 0 Å².